The Labute approximate surface area is 154 Å². The van der Waals surface area contributed by atoms with Gasteiger partial charge < -0.3 is 13.9 Å². The molecule has 0 fully saturated rings. The number of benzene rings is 2. The van der Waals surface area contributed by atoms with E-state index < -0.39 is 10.5 Å². The van der Waals surface area contributed by atoms with E-state index in [1.54, 1.807) is 30.3 Å². The summed E-state index contributed by atoms with van der Waals surface area (Å²) in [7, 11) is 1.53. The molecule has 0 saturated carbocycles. The van der Waals surface area contributed by atoms with Gasteiger partial charge in [0.25, 0.3) is 5.69 Å². The normalized spacial score (nSPS) is 10.6. The quantitative estimate of drug-likeness (QED) is 0.271. The highest BCUT2D eigenvalue weighted by molar-refractivity contribution is 5.81. The summed E-state index contributed by atoms with van der Waals surface area (Å²) in [5.41, 5.74) is 1.18. The number of allylic oxidation sites excluding steroid dienone is 1. The molecule has 0 aliphatic carbocycles. The summed E-state index contributed by atoms with van der Waals surface area (Å²) in [6.07, 6.45) is 2.07. The Morgan fingerprint density at radius 2 is 2.00 bits per heavy atom. The lowest BCUT2D eigenvalue weighted by Gasteiger charge is -2.12. The number of non-ortho nitro benzene ring substituents is 1. The van der Waals surface area contributed by atoms with Gasteiger partial charge in [0.2, 0.25) is 0 Å². The van der Waals surface area contributed by atoms with Crippen molar-refractivity contribution in [2.24, 2.45) is 0 Å². The van der Waals surface area contributed by atoms with E-state index in [2.05, 4.69) is 6.58 Å². The molecule has 3 rings (SSSR count). The van der Waals surface area contributed by atoms with E-state index in [4.69, 9.17) is 13.9 Å². The zero-order chi connectivity index (χ0) is 19.4. The third-order valence-corrected chi connectivity index (χ3v) is 4.04. The van der Waals surface area contributed by atoms with Crippen molar-refractivity contribution in [3.05, 3.63) is 86.8 Å². The standard InChI is InChI=1S/C20H17NO6/c1-3-4-13-9-15(21(23)24)5-8-18(13)26-12-14-10-20(22)27-19-11-16(25-2)6-7-17(14)19/h3,5-11H,1,4,12H2,2H3. The van der Waals surface area contributed by atoms with E-state index >= 15 is 0 Å². The Kier molecular flexibility index (Phi) is 5.21. The monoisotopic (exact) mass is 367 g/mol. The van der Waals surface area contributed by atoms with Crippen molar-refractivity contribution in [3.63, 3.8) is 0 Å². The van der Waals surface area contributed by atoms with Gasteiger partial charge in [-0.2, -0.15) is 0 Å². The average Bonchev–Trinajstić information content (AvgIpc) is 2.66. The number of hydrogen-bond donors (Lipinski definition) is 0. The number of nitrogens with zero attached hydrogens (tertiary/aromatic N) is 1. The van der Waals surface area contributed by atoms with Crippen LogP contribution >= 0.6 is 0 Å². The topological polar surface area (TPSA) is 91.8 Å². The van der Waals surface area contributed by atoms with Gasteiger partial charge in [0, 0.05) is 40.8 Å². The molecule has 1 heterocycles. The van der Waals surface area contributed by atoms with Gasteiger partial charge in [-0.15, -0.1) is 6.58 Å². The third kappa shape index (κ3) is 3.98. The number of fused-ring (bicyclic) bond motifs is 1. The number of ether oxygens (including phenoxy) is 2. The molecule has 7 nitrogen and oxygen atoms in total. The first-order valence-electron chi connectivity index (χ1n) is 8.13. The predicted octanol–water partition coefficient (Wildman–Crippen LogP) is 4.02. The van der Waals surface area contributed by atoms with Crippen LogP contribution in [0.4, 0.5) is 5.69 Å². The van der Waals surface area contributed by atoms with Gasteiger partial charge in [-0.1, -0.05) is 6.08 Å². The summed E-state index contributed by atoms with van der Waals surface area (Å²) < 4.78 is 16.2. The SMILES string of the molecule is C=CCc1cc([N+](=O)[O-])ccc1OCc1cc(=O)oc2cc(OC)ccc12. The lowest BCUT2D eigenvalue weighted by atomic mass is 10.1. The molecule has 0 aliphatic heterocycles. The number of methoxy groups -OCH3 is 1. The maximum absolute atomic E-state index is 11.9. The Morgan fingerprint density at radius 3 is 2.70 bits per heavy atom. The van der Waals surface area contributed by atoms with Crippen LogP contribution in [-0.2, 0) is 13.0 Å². The van der Waals surface area contributed by atoms with Crippen LogP contribution in [0.25, 0.3) is 11.0 Å². The van der Waals surface area contributed by atoms with Crippen LogP contribution < -0.4 is 15.1 Å². The molecule has 0 N–H and O–H groups in total. The van der Waals surface area contributed by atoms with Crippen LogP contribution in [0.1, 0.15) is 11.1 Å². The van der Waals surface area contributed by atoms with Crippen LogP contribution in [0.3, 0.4) is 0 Å². The van der Waals surface area contributed by atoms with Gasteiger partial charge >= 0.3 is 5.63 Å². The van der Waals surface area contributed by atoms with Crippen molar-refractivity contribution < 1.29 is 18.8 Å². The van der Waals surface area contributed by atoms with Crippen molar-refractivity contribution in [1.82, 2.24) is 0 Å². The van der Waals surface area contributed by atoms with Crippen LogP contribution in [0, 0.1) is 10.1 Å². The molecule has 0 unspecified atom stereocenters. The van der Waals surface area contributed by atoms with Gasteiger partial charge in [-0.3, -0.25) is 10.1 Å². The fourth-order valence-electron chi connectivity index (χ4n) is 2.75. The van der Waals surface area contributed by atoms with Crippen molar-refractivity contribution in [2.75, 3.05) is 7.11 Å². The molecule has 1 aromatic heterocycles. The van der Waals surface area contributed by atoms with E-state index in [9.17, 15) is 14.9 Å². The first kappa shape index (κ1) is 18.2. The van der Waals surface area contributed by atoms with Gasteiger partial charge in [-0.25, -0.2) is 4.79 Å². The summed E-state index contributed by atoms with van der Waals surface area (Å²) in [5, 5.41) is 11.7. The minimum atomic E-state index is -0.496. The number of nitro groups is 1. The Hall–Kier alpha value is -3.61. The highest BCUT2D eigenvalue weighted by Crippen LogP contribution is 2.27. The molecular formula is C20H17NO6. The minimum absolute atomic E-state index is 0.0166. The molecule has 27 heavy (non-hydrogen) atoms. The zero-order valence-corrected chi connectivity index (χ0v) is 14.6. The second kappa shape index (κ2) is 7.74. The molecule has 0 saturated heterocycles. The maximum Gasteiger partial charge on any atom is 0.336 e. The van der Waals surface area contributed by atoms with E-state index in [0.29, 0.717) is 34.6 Å². The molecular weight excluding hydrogens is 350 g/mol. The average molecular weight is 367 g/mol. The molecule has 0 spiro atoms. The van der Waals surface area contributed by atoms with Crippen molar-refractivity contribution in [1.29, 1.82) is 0 Å². The molecule has 0 aliphatic rings. The molecule has 3 aromatic rings. The Morgan fingerprint density at radius 1 is 1.19 bits per heavy atom. The lowest BCUT2D eigenvalue weighted by Crippen LogP contribution is -2.05. The summed E-state index contributed by atoms with van der Waals surface area (Å²) in [6, 6.07) is 10.9. The summed E-state index contributed by atoms with van der Waals surface area (Å²) in [5.74, 6) is 1.07. The van der Waals surface area contributed by atoms with Crippen LogP contribution in [0.5, 0.6) is 11.5 Å². The molecule has 0 radical (unpaired) electrons. The predicted molar refractivity (Wildman–Crippen MR) is 100 cm³/mol. The lowest BCUT2D eigenvalue weighted by molar-refractivity contribution is -0.384. The molecule has 7 heteroatoms. The van der Waals surface area contributed by atoms with E-state index in [0.717, 1.165) is 5.39 Å². The largest absolute Gasteiger partial charge is 0.497 e. The van der Waals surface area contributed by atoms with Crippen LogP contribution in [0.15, 0.2) is 64.3 Å². The highest BCUT2D eigenvalue weighted by atomic mass is 16.6. The number of nitro benzene ring substituents is 1. The van der Waals surface area contributed by atoms with Crippen molar-refractivity contribution >= 4 is 16.7 Å². The van der Waals surface area contributed by atoms with Crippen molar-refractivity contribution in [2.45, 2.75) is 13.0 Å². The summed E-state index contributed by atoms with van der Waals surface area (Å²) in [6.45, 7) is 3.78. The summed E-state index contributed by atoms with van der Waals surface area (Å²) >= 11 is 0. The Balaban J connectivity index is 1.94. The summed E-state index contributed by atoms with van der Waals surface area (Å²) in [4.78, 5) is 22.4. The fourth-order valence-corrected chi connectivity index (χ4v) is 2.75. The highest BCUT2D eigenvalue weighted by Gasteiger charge is 2.13. The van der Waals surface area contributed by atoms with Gasteiger partial charge in [0.05, 0.1) is 12.0 Å². The van der Waals surface area contributed by atoms with Crippen molar-refractivity contribution in [3.8, 4) is 11.5 Å². The van der Waals surface area contributed by atoms with Gasteiger partial charge in [0.15, 0.2) is 0 Å². The zero-order valence-electron chi connectivity index (χ0n) is 14.6. The fraction of sp³-hybridized carbons (Fsp3) is 0.150. The maximum atomic E-state index is 11.9. The first-order chi connectivity index (χ1) is 13.0. The van der Waals surface area contributed by atoms with Crippen LogP contribution in [0.2, 0.25) is 0 Å². The molecule has 0 bridgehead atoms. The second-order valence-corrected chi connectivity index (χ2v) is 5.78. The van der Waals surface area contributed by atoms with E-state index in [1.165, 1.54) is 25.3 Å². The first-order valence-corrected chi connectivity index (χ1v) is 8.13. The van der Waals surface area contributed by atoms with Gasteiger partial charge in [0.1, 0.15) is 23.7 Å². The smallest absolute Gasteiger partial charge is 0.336 e. The molecule has 0 amide bonds. The Bertz CT molecular complexity index is 1070. The third-order valence-electron chi connectivity index (χ3n) is 4.04. The van der Waals surface area contributed by atoms with Gasteiger partial charge in [-0.05, 0) is 24.6 Å². The second-order valence-electron chi connectivity index (χ2n) is 5.78. The van der Waals surface area contributed by atoms with E-state index in [-0.39, 0.29) is 12.3 Å². The number of hydrogen-bond acceptors (Lipinski definition) is 6. The molecule has 2 aromatic carbocycles. The molecule has 0 atom stereocenters. The number of rotatable bonds is 7. The van der Waals surface area contributed by atoms with E-state index in [1.807, 2.05) is 0 Å². The molecule has 138 valence electrons. The minimum Gasteiger partial charge on any atom is -0.497 e. The van der Waals surface area contributed by atoms with Crippen LogP contribution in [-0.4, -0.2) is 12.0 Å².